The van der Waals surface area contributed by atoms with Crippen LogP contribution in [0.2, 0.25) is 0 Å². The molecule has 1 heterocycles. The van der Waals surface area contributed by atoms with E-state index >= 15 is 0 Å². The van der Waals surface area contributed by atoms with Gasteiger partial charge in [0.1, 0.15) is 12.2 Å². The minimum Gasteiger partial charge on any atom is -0.356 e. The van der Waals surface area contributed by atoms with E-state index in [2.05, 4.69) is 68.2 Å². The fourth-order valence-corrected chi connectivity index (χ4v) is 3.57. The fourth-order valence-electron chi connectivity index (χ4n) is 2.71. The van der Waals surface area contributed by atoms with Crippen molar-refractivity contribution < 1.29 is 0 Å². The number of aromatic nitrogens is 3. The van der Waals surface area contributed by atoms with E-state index in [0.717, 1.165) is 29.8 Å². The molecule has 0 atom stereocenters. The molecule has 0 radical (unpaired) electrons. The zero-order chi connectivity index (χ0) is 18.2. The molecule has 0 spiro atoms. The van der Waals surface area contributed by atoms with Gasteiger partial charge in [-0.05, 0) is 16.3 Å². The number of halogens is 1. The first-order valence-corrected chi connectivity index (χ1v) is 9.75. The van der Waals surface area contributed by atoms with Crippen LogP contribution < -0.4 is 10.6 Å². The summed E-state index contributed by atoms with van der Waals surface area (Å²) in [6.45, 7) is 1.45. The molecule has 0 aliphatic heterocycles. The molecule has 3 aromatic rings. The summed E-state index contributed by atoms with van der Waals surface area (Å²) in [6, 6.07) is 15.1. The van der Waals surface area contributed by atoms with Gasteiger partial charge in [-0.1, -0.05) is 42.5 Å². The maximum absolute atomic E-state index is 4.24. The highest BCUT2D eigenvalue weighted by Gasteiger charge is 2.03. The predicted octanol–water partition coefficient (Wildman–Crippen LogP) is 3.18. The minimum atomic E-state index is 0. The van der Waals surface area contributed by atoms with Gasteiger partial charge in [0.05, 0.1) is 6.54 Å². The number of guanidine groups is 1. The molecule has 0 saturated carbocycles. The van der Waals surface area contributed by atoms with Crippen LogP contribution in [0.4, 0.5) is 0 Å². The maximum atomic E-state index is 4.24. The van der Waals surface area contributed by atoms with Gasteiger partial charge in [-0.3, -0.25) is 9.67 Å². The van der Waals surface area contributed by atoms with Crippen molar-refractivity contribution in [1.82, 2.24) is 25.4 Å². The molecule has 8 heteroatoms. The molecule has 0 bridgehead atoms. The molecule has 0 unspecified atom stereocenters. The van der Waals surface area contributed by atoms with Crippen LogP contribution in [0, 0.1) is 0 Å². The topological polar surface area (TPSA) is 67.1 Å². The Bertz CT molecular complexity index is 874. The number of aliphatic imine (C=N–C) groups is 1. The van der Waals surface area contributed by atoms with Gasteiger partial charge < -0.3 is 10.6 Å². The van der Waals surface area contributed by atoms with Gasteiger partial charge in [0.2, 0.25) is 0 Å². The lowest BCUT2D eigenvalue weighted by atomic mass is 10.1. The van der Waals surface area contributed by atoms with Gasteiger partial charge in [-0.15, -0.1) is 24.0 Å². The molecule has 0 fully saturated rings. The summed E-state index contributed by atoms with van der Waals surface area (Å²) in [7, 11) is 3.65. The van der Waals surface area contributed by atoms with Crippen LogP contribution in [0.25, 0.3) is 10.8 Å². The second-order valence-electron chi connectivity index (χ2n) is 5.84. The van der Waals surface area contributed by atoms with E-state index in [0.29, 0.717) is 6.54 Å². The molecule has 0 amide bonds. The Kier molecular flexibility index (Phi) is 8.86. The van der Waals surface area contributed by atoms with Crippen molar-refractivity contribution in [3.8, 4) is 0 Å². The van der Waals surface area contributed by atoms with E-state index in [-0.39, 0.29) is 24.0 Å². The number of hydrogen-bond acceptors (Lipinski definition) is 4. The minimum absolute atomic E-state index is 0. The van der Waals surface area contributed by atoms with Crippen molar-refractivity contribution in [2.24, 2.45) is 12.0 Å². The van der Waals surface area contributed by atoms with E-state index in [1.54, 1.807) is 18.1 Å². The first-order valence-electron chi connectivity index (χ1n) is 8.59. The van der Waals surface area contributed by atoms with E-state index in [9.17, 15) is 0 Å². The van der Waals surface area contributed by atoms with Gasteiger partial charge in [0.25, 0.3) is 0 Å². The van der Waals surface area contributed by atoms with Crippen LogP contribution in [0.5, 0.6) is 0 Å². The van der Waals surface area contributed by atoms with Gasteiger partial charge >= 0.3 is 0 Å². The summed E-state index contributed by atoms with van der Waals surface area (Å²) in [4.78, 5) is 8.43. The number of benzene rings is 2. The van der Waals surface area contributed by atoms with Gasteiger partial charge in [0, 0.05) is 32.1 Å². The van der Waals surface area contributed by atoms with Gasteiger partial charge in [-0.2, -0.15) is 16.9 Å². The van der Waals surface area contributed by atoms with Crippen LogP contribution in [-0.4, -0.2) is 40.1 Å². The molecule has 6 nitrogen and oxygen atoms in total. The average molecular weight is 496 g/mol. The van der Waals surface area contributed by atoms with Crippen LogP contribution >= 0.6 is 35.7 Å². The zero-order valence-electron chi connectivity index (χ0n) is 15.6. The van der Waals surface area contributed by atoms with Crippen molar-refractivity contribution in [2.75, 3.05) is 19.3 Å². The molecule has 0 saturated heterocycles. The third kappa shape index (κ3) is 6.10. The molecule has 144 valence electrons. The Morgan fingerprint density at radius 1 is 1.15 bits per heavy atom. The normalized spacial score (nSPS) is 11.3. The van der Waals surface area contributed by atoms with Gasteiger partial charge in [0.15, 0.2) is 5.96 Å². The monoisotopic (exact) mass is 496 g/mol. The van der Waals surface area contributed by atoms with Crippen LogP contribution in [0.15, 0.2) is 53.8 Å². The van der Waals surface area contributed by atoms with E-state index in [1.807, 2.05) is 18.8 Å². The Labute approximate surface area is 181 Å². The second kappa shape index (κ2) is 11.1. The second-order valence-corrected chi connectivity index (χ2v) is 6.95. The lowest BCUT2D eigenvalue weighted by molar-refractivity contribution is 0.674. The van der Waals surface area contributed by atoms with Crippen molar-refractivity contribution in [3.63, 3.8) is 0 Å². The summed E-state index contributed by atoms with van der Waals surface area (Å²) >= 11 is 1.92. The van der Waals surface area contributed by atoms with E-state index in [1.165, 1.54) is 16.3 Å². The number of thioether (sulfide) groups is 1. The van der Waals surface area contributed by atoms with Crippen LogP contribution in [0.1, 0.15) is 11.4 Å². The predicted molar refractivity (Wildman–Crippen MR) is 125 cm³/mol. The van der Waals surface area contributed by atoms with Crippen molar-refractivity contribution >= 4 is 52.5 Å². The first kappa shape index (κ1) is 21.5. The Balaban J connectivity index is 0.00000261. The van der Waals surface area contributed by atoms with E-state index < -0.39 is 0 Å². The molecule has 3 rings (SSSR count). The number of hydrogen-bond donors (Lipinski definition) is 2. The first-order chi connectivity index (χ1) is 12.8. The molecule has 2 aromatic carbocycles. The molecule has 0 aliphatic carbocycles. The average Bonchev–Trinajstić information content (AvgIpc) is 3.09. The highest BCUT2D eigenvalue weighted by Crippen LogP contribution is 2.22. The summed E-state index contributed by atoms with van der Waals surface area (Å²) < 4.78 is 1.75. The molecule has 27 heavy (non-hydrogen) atoms. The highest BCUT2D eigenvalue weighted by atomic mass is 127. The molecule has 0 aliphatic rings. The lowest BCUT2D eigenvalue weighted by Crippen LogP contribution is -2.38. The fraction of sp³-hybridized carbons (Fsp3) is 0.316. The summed E-state index contributed by atoms with van der Waals surface area (Å²) in [5.41, 5.74) is 1.39. The van der Waals surface area contributed by atoms with Gasteiger partial charge in [-0.25, -0.2) is 4.98 Å². The Hall–Kier alpha value is -1.81. The number of rotatable bonds is 7. The lowest BCUT2D eigenvalue weighted by Gasteiger charge is -2.11. The molecular weight excluding hydrogens is 471 g/mol. The SMILES string of the molecule is CN=C(NCCSCc1cccc2ccccc12)NCc1ncnn1C.I. The Morgan fingerprint density at radius 3 is 2.74 bits per heavy atom. The molecule has 2 N–H and O–H groups in total. The summed E-state index contributed by atoms with van der Waals surface area (Å²) in [5, 5.41) is 13.3. The van der Waals surface area contributed by atoms with Crippen molar-refractivity contribution in [3.05, 3.63) is 60.2 Å². The highest BCUT2D eigenvalue weighted by molar-refractivity contribution is 14.0. The maximum Gasteiger partial charge on any atom is 0.191 e. The number of fused-ring (bicyclic) bond motifs is 1. The van der Waals surface area contributed by atoms with Crippen LogP contribution in [0.3, 0.4) is 0 Å². The number of nitrogens with one attached hydrogen (secondary N) is 2. The standard InChI is InChI=1S/C19H24N6S.HI/c1-20-19(22-12-18-23-14-24-25(18)2)21-10-11-26-13-16-8-5-7-15-6-3-4-9-17(15)16;/h3-9,14H,10-13H2,1-2H3,(H2,20,21,22);1H. The third-order valence-corrected chi connectivity index (χ3v) is 5.13. The number of aryl methyl sites for hydroxylation is 1. The molecule has 1 aromatic heterocycles. The van der Waals surface area contributed by atoms with E-state index in [4.69, 9.17) is 0 Å². The molecular formula is C19H25IN6S. The zero-order valence-corrected chi connectivity index (χ0v) is 18.7. The quantitative estimate of drug-likeness (QED) is 0.228. The van der Waals surface area contributed by atoms with Crippen LogP contribution in [-0.2, 0) is 19.3 Å². The number of nitrogens with zero attached hydrogens (tertiary/aromatic N) is 4. The summed E-state index contributed by atoms with van der Waals surface area (Å²) in [6.07, 6.45) is 1.55. The largest absolute Gasteiger partial charge is 0.356 e. The third-order valence-electron chi connectivity index (χ3n) is 4.12. The van der Waals surface area contributed by atoms with Crippen molar-refractivity contribution in [2.45, 2.75) is 12.3 Å². The summed E-state index contributed by atoms with van der Waals surface area (Å²) in [5.74, 6) is 3.67. The van der Waals surface area contributed by atoms with Crippen molar-refractivity contribution in [1.29, 1.82) is 0 Å². The Morgan fingerprint density at radius 2 is 1.96 bits per heavy atom. The smallest absolute Gasteiger partial charge is 0.191 e.